The molecule has 6 nitrogen and oxygen atoms in total. The van der Waals surface area contributed by atoms with Crippen molar-refractivity contribution in [2.24, 2.45) is 10.7 Å². The summed E-state index contributed by atoms with van der Waals surface area (Å²) in [7, 11) is 0. The van der Waals surface area contributed by atoms with Crippen molar-refractivity contribution in [1.29, 1.82) is 0 Å². The molecule has 2 aromatic carbocycles. The fraction of sp³-hybridized carbons (Fsp3) is 0.375. The van der Waals surface area contributed by atoms with Crippen LogP contribution < -0.4 is 10.6 Å². The van der Waals surface area contributed by atoms with Crippen LogP contribution >= 0.6 is 0 Å². The number of aromatic nitrogens is 2. The van der Waals surface area contributed by atoms with Gasteiger partial charge in [-0.2, -0.15) is 0 Å². The molecule has 1 aromatic heterocycles. The van der Waals surface area contributed by atoms with Crippen molar-refractivity contribution in [3.8, 4) is 11.1 Å². The van der Waals surface area contributed by atoms with Crippen LogP contribution in [0.4, 0.5) is 11.5 Å². The molecule has 0 radical (unpaired) electrons. The SMILES string of the molecule is CC(C)(C)N1CCN(c2cnc3ccc(-c4ccc5c(c4)N=C(N)C5)cc3n2)CC1. The molecule has 0 saturated carbocycles. The Kier molecular flexibility index (Phi) is 4.47. The Morgan fingerprint density at radius 1 is 0.900 bits per heavy atom. The summed E-state index contributed by atoms with van der Waals surface area (Å²) < 4.78 is 0. The van der Waals surface area contributed by atoms with E-state index in [0.29, 0.717) is 5.84 Å². The molecule has 2 aliphatic rings. The molecule has 5 rings (SSSR count). The lowest BCUT2D eigenvalue weighted by atomic mass is 10.0. The number of hydrogen-bond donors (Lipinski definition) is 1. The van der Waals surface area contributed by atoms with Gasteiger partial charge in [0.1, 0.15) is 11.7 Å². The van der Waals surface area contributed by atoms with Gasteiger partial charge in [0, 0.05) is 38.1 Å². The van der Waals surface area contributed by atoms with Crippen molar-refractivity contribution >= 4 is 28.4 Å². The Hall–Kier alpha value is -2.99. The summed E-state index contributed by atoms with van der Waals surface area (Å²) in [5.74, 6) is 1.64. The molecule has 2 N–H and O–H groups in total. The highest BCUT2D eigenvalue weighted by atomic mass is 15.3. The maximum absolute atomic E-state index is 5.89. The molecule has 0 atom stereocenters. The van der Waals surface area contributed by atoms with Gasteiger partial charge < -0.3 is 10.6 Å². The highest BCUT2D eigenvalue weighted by molar-refractivity contribution is 5.92. The number of benzene rings is 2. The average Bonchev–Trinajstić information content (AvgIpc) is 3.11. The van der Waals surface area contributed by atoms with Gasteiger partial charge in [-0.15, -0.1) is 0 Å². The Labute approximate surface area is 177 Å². The van der Waals surface area contributed by atoms with Crippen LogP contribution in [0.3, 0.4) is 0 Å². The Balaban J connectivity index is 1.42. The third-order valence-corrected chi connectivity index (χ3v) is 6.14. The summed E-state index contributed by atoms with van der Waals surface area (Å²) in [6, 6.07) is 12.6. The van der Waals surface area contributed by atoms with Crippen molar-refractivity contribution in [2.75, 3.05) is 31.1 Å². The van der Waals surface area contributed by atoms with E-state index in [1.54, 1.807) is 0 Å². The van der Waals surface area contributed by atoms with E-state index in [0.717, 1.165) is 66.3 Å². The van der Waals surface area contributed by atoms with Crippen LogP contribution in [0, 0.1) is 0 Å². The topological polar surface area (TPSA) is 70.6 Å². The third kappa shape index (κ3) is 3.52. The minimum absolute atomic E-state index is 0.209. The first-order chi connectivity index (χ1) is 14.4. The van der Waals surface area contributed by atoms with Gasteiger partial charge in [-0.05, 0) is 55.7 Å². The van der Waals surface area contributed by atoms with Crippen molar-refractivity contribution < 1.29 is 0 Å². The second kappa shape index (κ2) is 7.06. The molecule has 30 heavy (non-hydrogen) atoms. The molecular formula is C24H28N6. The molecule has 0 aliphatic carbocycles. The number of nitrogens with zero attached hydrogens (tertiary/aromatic N) is 5. The highest BCUT2D eigenvalue weighted by Gasteiger charge is 2.26. The van der Waals surface area contributed by atoms with Gasteiger partial charge in [-0.3, -0.25) is 9.88 Å². The molecule has 0 amide bonds. The molecule has 3 aromatic rings. The number of aliphatic imine (C=N–C) groups is 1. The van der Waals surface area contributed by atoms with Gasteiger partial charge in [0.05, 0.1) is 22.9 Å². The number of amidine groups is 1. The zero-order valence-electron chi connectivity index (χ0n) is 17.9. The third-order valence-electron chi connectivity index (χ3n) is 6.14. The molecular weight excluding hydrogens is 372 g/mol. The van der Waals surface area contributed by atoms with E-state index in [4.69, 9.17) is 10.7 Å². The normalized spacial score (nSPS) is 17.3. The van der Waals surface area contributed by atoms with Gasteiger partial charge in [-0.25, -0.2) is 9.98 Å². The molecule has 0 unspecified atom stereocenters. The van der Waals surface area contributed by atoms with Crippen molar-refractivity contribution in [3.05, 3.63) is 48.2 Å². The number of nitrogens with two attached hydrogens (primary N) is 1. The van der Waals surface area contributed by atoms with Crippen LogP contribution in [0.15, 0.2) is 47.6 Å². The van der Waals surface area contributed by atoms with Crippen LogP contribution in [0.5, 0.6) is 0 Å². The smallest absolute Gasteiger partial charge is 0.147 e. The molecule has 154 valence electrons. The fourth-order valence-electron chi connectivity index (χ4n) is 4.33. The first-order valence-electron chi connectivity index (χ1n) is 10.6. The number of fused-ring (bicyclic) bond motifs is 2. The zero-order valence-corrected chi connectivity index (χ0v) is 17.9. The van der Waals surface area contributed by atoms with Crippen molar-refractivity contribution in [1.82, 2.24) is 14.9 Å². The summed E-state index contributed by atoms with van der Waals surface area (Å²) >= 11 is 0. The molecule has 0 spiro atoms. The first kappa shape index (κ1) is 19.0. The Morgan fingerprint density at radius 3 is 2.40 bits per heavy atom. The lowest BCUT2D eigenvalue weighted by Gasteiger charge is -2.42. The van der Waals surface area contributed by atoms with Gasteiger partial charge in [0.15, 0.2) is 0 Å². The summed E-state index contributed by atoms with van der Waals surface area (Å²) in [6.45, 7) is 10.9. The van der Waals surface area contributed by atoms with Gasteiger partial charge in [-0.1, -0.05) is 18.2 Å². The van der Waals surface area contributed by atoms with E-state index in [1.165, 1.54) is 5.56 Å². The van der Waals surface area contributed by atoms with Crippen LogP contribution in [-0.2, 0) is 6.42 Å². The van der Waals surface area contributed by atoms with Crippen molar-refractivity contribution in [3.63, 3.8) is 0 Å². The molecule has 1 fully saturated rings. The number of rotatable bonds is 2. The minimum atomic E-state index is 0.209. The zero-order chi connectivity index (χ0) is 20.9. The summed E-state index contributed by atoms with van der Waals surface area (Å²) in [6.07, 6.45) is 2.65. The molecule has 1 saturated heterocycles. The summed E-state index contributed by atoms with van der Waals surface area (Å²) in [5, 5.41) is 0. The highest BCUT2D eigenvalue weighted by Crippen LogP contribution is 2.32. The van der Waals surface area contributed by atoms with Gasteiger partial charge in [0.25, 0.3) is 0 Å². The van der Waals surface area contributed by atoms with Gasteiger partial charge in [0.2, 0.25) is 0 Å². The van der Waals surface area contributed by atoms with Crippen LogP contribution in [0.25, 0.3) is 22.2 Å². The van der Waals surface area contributed by atoms with Crippen LogP contribution in [0.1, 0.15) is 26.3 Å². The Bertz CT molecular complexity index is 1140. The summed E-state index contributed by atoms with van der Waals surface area (Å²) in [5.41, 5.74) is 12.3. The predicted octanol–water partition coefficient (Wildman–Crippen LogP) is 3.76. The standard InChI is InChI=1S/C24H28N6/c1-24(2,3)30-10-8-29(9-11-30)23-15-26-19-7-6-17(13-21(19)28-23)16-4-5-18-14-22(25)27-20(18)12-16/h4-7,12-13,15H,8-11,14H2,1-3H3,(H2,25,27). The molecule has 2 aliphatic heterocycles. The van der Waals surface area contributed by atoms with Crippen LogP contribution in [-0.4, -0.2) is 52.4 Å². The first-order valence-corrected chi connectivity index (χ1v) is 10.6. The van der Waals surface area contributed by atoms with E-state index in [1.807, 2.05) is 12.3 Å². The van der Waals surface area contributed by atoms with E-state index in [9.17, 15) is 0 Å². The van der Waals surface area contributed by atoms with Crippen LogP contribution in [0.2, 0.25) is 0 Å². The number of anilines is 1. The van der Waals surface area contributed by atoms with E-state index >= 15 is 0 Å². The monoisotopic (exact) mass is 400 g/mol. The number of hydrogen-bond acceptors (Lipinski definition) is 6. The second-order valence-electron chi connectivity index (χ2n) is 9.20. The predicted molar refractivity (Wildman–Crippen MR) is 123 cm³/mol. The largest absolute Gasteiger partial charge is 0.387 e. The fourth-order valence-corrected chi connectivity index (χ4v) is 4.33. The Morgan fingerprint density at radius 2 is 1.63 bits per heavy atom. The van der Waals surface area contributed by atoms with Crippen molar-refractivity contribution in [2.45, 2.75) is 32.7 Å². The average molecular weight is 401 g/mol. The maximum Gasteiger partial charge on any atom is 0.147 e. The molecule has 3 heterocycles. The maximum atomic E-state index is 5.89. The van der Waals surface area contributed by atoms with E-state index in [-0.39, 0.29) is 5.54 Å². The second-order valence-corrected chi connectivity index (χ2v) is 9.20. The van der Waals surface area contributed by atoms with E-state index in [2.05, 4.69) is 70.9 Å². The molecule has 0 bridgehead atoms. The van der Waals surface area contributed by atoms with Gasteiger partial charge >= 0.3 is 0 Å². The molecule has 6 heteroatoms. The number of piperazine rings is 1. The quantitative estimate of drug-likeness (QED) is 0.709. The lowest BCUT2D eigenvalue weighted by Crippen LogP contribution is -2.53. The van der Waals surface area contributed by atoms with E-state index < -0.39 is 0 Å². The minimum Gasteiger partial charge on any atom is -0.387 e. The lowest BCUT2D eigenvalue weighted by molar-refractivity contribution is 0.128. The summed E-state index contributed by atoms with van der Waals surface area (Å²) in [4.78, 5) is 18.9.